The SMILES string of the molecule is O=C(Nc1ccc(Cl)c(S(=O)(=O)C2(F)CCNCC2)c1O)N[C@@H]1CCC=C1Cl. The highest BCUT2D eigenvalue weighted by Crippen LogP contribution is 2.44. The average Bonchev–Trinajstić information content (AvgIpc) is 3.02. The molecule has 1 fully saturated rings. The highest BCUT2D eigenvalue weighted by atomic mass is 35.5. The number of allylic oxidation sites excluding steroid dienone is 1. The predicted molar refractivity (Wildman–Crippen MR) is 105 cm³/mol. The van der Waals surface area contributed by atoms with Crippen molar-refractivity contribution < 1.29 is 22.7 Å². The van der Waals surface area contributed by atoms with Crippen LogP contribution in [0.25, 0.3) is 0 Å². The molecule has 0 aromatic heterocycles. The second-order valence-electron chi connectivity index (χ2n) is 6.73. The Morgan fingerprint density at radius 2 is 1.96 bits per heavy atom. The van der Waals surface area contributed by atoms with Crippen molar-refractivity contribution >= 4 is 44.8 Å². The highest BCUT2D eigenvalue weighted by molar-refractivity contribution is 7.92. The molecular weight excluding hydrogens is 432 g/mol. The van der Waals surface area contributed by atoms with Crippen LogP contribution in [0, 0.1) is 0 Å². The number of nitrogens with one attached hydrogen (secondary N) is 3. The molecule has 4 N–H and O–H groups in total. The van der Waals surface area contributed by atoms with E-state index in [1.807, 2.05) is 0 Å². The molecule has 0 spiro atoms. The van der Waals surface area contributed by atoms with Crippen molar-refractivity contribution in [3.8, 4) is 5.75 Å². The molecule has 1 aliphatic heterocycles. The zero-order valence-electron chi connectivity index (χ0n) is 14.8. The quantitative estimate of drug-likeness (QED) is 0.525. The molecule has 2 amide bonds. The van der Waals surface area contributed by atoms with E-state index in [1.165, 1.54) is 12.1 Å². The number of alkyl halides is 1. The third kappa shape index (κ3) is 3.94. The summed E-state index contributed by atoms with van der Waals surface area (Å²) in [7, 11) is -4.60. The van der Waals surface area contributed by atoms with E-state index in [2.05, 4.69) is 16.0 Å². The summed E-state index contributed by atoms with van der Waals surface area (Å²) < 4.78 is 41.0. The molecule has 1 aromatic carbocycles. The van der Waals surface area contributed by atoms with Crippen LogP contribution in [0.15, 0.2) is 28.1 Å². The zero-order chi connectivity index (χ0) is 20.5. The number of aromatic hydroxyl groups is 1. The number of phenols is 1. The number of halogens is 3. The Kier molecular flexibility index (Phi) is 6.09. The number of carbonyl (C=O) groups excluding carboxylic acids is 1. The molecule has 2 aliphatic rings. The lowest BCUT2D eigenvalue weighted by molar-refractivity contribution is 0.205. The number of hydrogen-bond acceptors (Lipinski definition) is 5. The summed E-state index contributed by atoms with van der Waals surface area (Å²) in [5, 5.41) is 16.0. The summed E-state index contributed by atoms with van der Waals surface area (Å²) in [6, 6.07) is 1.39. The van der Waals surface area contributed by atoms with Crippen molar-refractivity contribution in [2.45, 2.75) is 41.6 Å². The van der Waals surface area contributed by atoms with E-state index in [0.717, 1.165) is 6.42 Å². The van der Waals surface area contributed by atoms with Crippen LogP contribution < -0.4 is 16.0 Å². The number of urea groups is 1. The maximum atomic E-state index is 15.2. The number of benzene rings is 1. The van der Waals surface area contributed by atoms with Gasteiger partial charge in [0.2, 0.25) is 14.8 Å². The van der Waals surface area contributed by atoms with Gasteiger partial charge in [-0.3, -0.25) is 0 Å². The topological polar surface area (TPSA) is 108 Å². The molecule has 0 radical (unpaired) electrons. The first-order valence-corrected chi connectivity index (χ1v) is 11.0. The molecule has 1 heterocycles. The van der Waals surface area contributed by atoms with Gasteiger partial charge in [-0.25, -0.2) is 17.6 Å². The lowest BCUT2D eigenvalue weighted by Crippen LogP contribution is -2.44. The van der Waals surface area contributed by atoms with Crippen molar-refractivity contribution in [3.63, 3.8) is 0 Å². The second-order valence-corrected chi connectivity index (χ2v) is 9.72. The minimum atomic E-state index is -4.60. The van der Waals surface area contributed by atoms with Gasteiger partial charge < -0.3 is 21.1 Å². The summed E-state index contributed by atoms with van der Waals surface area (Å²) in [5.41, 5.74) is -0.198. The monoisotopic (exact) mass is 451 g/mol. The molecule has 1 aliphatic carbocycles. The van der Waals surface area contributed by atoms with Crippen LogP contribution in [-0.2, 0) is 9.84 Å². The lowest BCUT2D eigenvalue weighted by Gasteiger charge is -2.30. The Hall–Kier alpha value is -1.55. The third-order valence-electron chi connectivity index (χ3n) is 4.87. The minimum Gasteiger partial charge on any atom is -0.504 e. The fourth-order valence-corrected chi connectivity index (χ4v) is 5.81. The molecule has 154 valence electrons. The van der Waals surface area contributed by atoms with Gasteiger partial charge in [0.05, 0.1) is 16.8 Å². The maximum absolute atomic E-state index is 15.2. The largest absolute Gasteiger partial charge is 0.504 e. The van der Waals surface area contributed by atoms with Gasteiger partial charge in [0.15, 0.2) is 5.75 Å². The van der Waals surface area contributed by atoms with Gasteiger partial charge in [-0.2, -0.15) is 0 Å². The predicted octanol–water partition coefficient (Wildman–Crippen LogP) is 3.28. The van der Waals surface area contributed by atoms with Crippen molar-refractivity contribution in [1.82, 2.24) is 10.6 Å². The van der Waals surface area contributed by atoms with E-state index in [1.54, 1.807) is 6.08 Å². The van der Waals surface area contributed by atoms with Gasteiger partial charge in [0, 0.05) is 17.9 Å². The van der Waals surface area contributed by atoms with E-state index >= 15 is 4.39 Å². The Morgan fingerprint density at radius 1 is 1.29 bits per heavy atom. The Morgan fingerprint density at radius 3 is 2.57 bits per heavy atom. The minimum absolute atomic E-state index is 0.185. The second kappa shape index (κ2) is 8.06. The molecular formula is C17H20Cl2FN3O4S. The lowest BCUT2D eigenvalue weighted by atomic mass is 10.1. The van der Waals surface area contributed by atoms with Crippen molar-refractivity contribution in [2.24, 2.45) is 0 Å². The average molecular weight is 452 g/mol. The highest BCUT2D eigenvalue weighted by Gasteiger charge is 2.48. The first-order valence-electron chi connectivity index (χ1n) is 8.74. The molecule has 7 nitrogen and oxygen atoms in total. The van der Waals surface area contributed by atoms with Crippen LogP contribution in [0.2, 0.25) is 5.02 Å². The summed E-state index contributed by atoms with van der Waals surface area (Å²) >= 11 is 12.0. The number of piperidine rings is 1. The van der Waals surface area contributed by atoms with Crippen LogP contribution >= 0.6 is 23.2 Å². The third-order valence-corrected chi connectivity index (χ3v) is 8.03. The smallest absolute Gasteiger partial charge is 0.319 e. The standard InChI is InChI=1S/C17H20Cl2FN3O4S/c18-10-2-1-3-12(10)22-16(25)23-13-5-4-11(19)15(14(13)24)28(26,27)17(20)6-8-21-9-7-17/h2,4-5,12,21,24H,1,3,6-9H2,(H2,22,23,25)/t12-/m1/s1. The molecule has 3 rings (SSSR count). The number of sulfone groups is 1. The first kappa shape index (κ1) is 21.2. The number of phenolic OH excluding ortho intramolecular Hbond substituents is 1. The first-order chi connectivity index (χ1) is 13.2. The van der Waals surface area contributed by atoms with Crippen molar-refractivity contribution in [2.75, 3.05) is 18.4 Å². The Balaban J connectivity index is 1.88. The van der Waals surface area contributed by atoms with E-state index in [4.69, 9.17) is 23.2 Å². The van der Waals surface area contributed by atoms with Gasteiger partial charge in [-0.05, 0) is 38.1 Å². The molecule has 1 aromatic rings. The number of anilines is 1. The Labute approximate surface area is 172 Å². The number of rotatable bonds is 4. The number of hydrogen-bond donors (Lipinski definition) is 4. The number of amides is 2. The molecule has 11 heteroatoms. The summed E-state index contributed by atoms with van der Waals surface area (Å²) in [6.45, 7) is 0.369. The van der Waals surface area contributed by atoms with Gasteiger partial charge in [-0.15, -0.1) is 0 Å². The van der Waals surface area contributed by atoms with Gasteiger partial charge in [-0.1, -0.05) is 29.3 Å². The van der Waals surface area contributed by atoms with Gasteiger partial charge in [0.25, 0.3) is 0 Å². The normalized spacial score (nSPS) is 21.8. The van der Waals surface area contributed by atoms with Crippen LogP contribution in [0.4, 0.5) is 14.9 Å². The van der Waals surface area contributed by atoms with Crippen LogP contribution in [0.5, 0.6) is 5.75 Å². The van der Waals surface area contributed by atoms with Crippen LogP contribution in [0.3, 0.4) is 0 Å². The maximum Gasteiger partial charge on any atom is 0.319 e. The molecule has 0 unspecified atom stereocenters. The Bertz CT molecular complexity index is 917. The fraction of sp³-hybridized carbons (Fsp3) is 0.471. The van der Waals surface area contributed by atoms with E-state index in [0.29, 0.717) is 11.5 Å². The summed E-state index contributed by atoms with van der Waals surface area (Å²) in [5.74, 6) is -0.800. The zero-order valence-corrected chi connectivity index (χ0v) is 17.1. The van der Waals surface area contributed by atoms with E-state index in [9.17, 15) is 18.3 Å². The molecule has 0 bridgehead atoms. The van der Waals surface area contributed by atoms with Crippen LogP contribution in [-0.4, -0.2) is 43.7 Å². The fourth-order valence-electron chi connectivity index (χ4n) is 3.28. The van der Waals surface area contributed by atoms with E-state index in [-0.39, 0.29) is 42.7 Å². The van der Waals surface area contributed by atoms with Crippen LogP contribution in [0.1, 0.15) is 25.7 Å². The van der Waals surface area contributed by atoms with Gasteiger partial charge in [0.1, 0.15) is 4.90 Å². The van der Waals surface area contributed by atoms with E-state index < -0.39 is 31.5 Å². The molecule has 1 atom stereocenters. The molecule has 28 heavy (non-hydrogen) atoms. The summed E-state index contributed by atoms with van der Waals surface area (Å²) in [4.78, 5) is 11.5. The van der Waals surface area contributed by atoms with Gasteiger partial charge >= 0.3 is 6.03 Å². The van der Waals surface area contributed by atoms with Crippen molar-refractivity contribution in [1.29, 1.82) is 0 Å². The molecule has 0 saturated carbocycles. The molecule has 1 saturated heterocycles. The van der Waals surface area contributed by atoms with Crippen molar-refractivity contribution in [3.05, 3.63) is 28.3 Å². The summed E-state index contributed by atoms with van der Waals surface area (Å²) in [6.07, 6.45) is 2.62. The number of carbonyl (C=O) groups is 1.